The minimum absolute atomic E-state index is 0.498. The van der Waals surface area contributed by atoms with Crippen molar-refractivity contribution in [2.75, 3.05) is 5.01 Å². The molecule has 6 heteroatoms. The van der Waals surface area contributed by atoms with Crippen molar-refractivity contribution in [1.29, 1.82) is 0 Å². The van der Waals surface area contributed by atoms with E-state index >= 15 is 0 Å². The SMILES string of the molecule is Cc1c(I)cccc1N1N=NNC1C=O. The zero-order valence-corrected chi connectivity index (χ0v) is 10.2. The highest BCUT2D eigenvalue weighted by atomic mass is 127. The second kappa shape index (κ2) is 4.13. The third kappa shape index (κ3) is 1.81. The van der Waals surface area contributed by atoms with Crippen LogP contribution in [0.1, 0.15) is 5.56 Å². The minimum atomic E-state index is -0.498. The van der Waals surface area contributed by atoms with E-state index in [9.17, 15) is 4.79 Å². The van der Waals surface area contributed by atoms with Gasteiger partial charge in [-0.25, -0.2) is 5.01 Å². The first-order valence-corrected chi connectivity index (χ1v) is 5.47. The van der Waals surface area contributed by atoms with Gasteiger partial charge in [-0.05, 0) is 52.4 Å². The largest absolute Gasteiger partial charge is 0.299 e. The molecule has 15 heavy (non-hydrogen) atoms. The van der Waals surface area contributed by atoms with Crippen LogP contribution in [0.15, 0.2) is 28.6 Å². The summed E-state index contributed by atoms with van der Waals surface area (Å²) in [4.78, 5) is 10.8. The predicted molar refractivity (Wildman–Crippen MR) is 64.2 cm³/mol. The van der Waals surface area contributed by atoms with Crippen molar-refractivity contribution in [3.63, 3.8) is 0 Å². The monoisotopic (exact) mass is 316 g/mol. The first-order valence-electron chi connectivity index (χ1n) is 4.40. The molecule has 0 fully saturated rings. The van der Waals surface area contributed by atoms with Crippen molar-refractivity contribution >= 4 is 34.6 Å². The summed E-state index contributed by atoms with van der Waals surface area (Å²) in [6.07, 6.45) is 0.279. The van der Waals surface area contributed by atoms with E-state index in [-0.39, 0.29) is 0 Å². The molecule has 0 aromatic heterocycles. The maximum atomic E-state index is 10.8. The summed E-state index contributed by atoms with van der Waals surface area (Å²) in [5.74, 6) is 0. The van der Waals surface area contributed by atoms with E-state index in [1.54, 1.807) is 5.01 Å². The van der Waals surface area contributed by atoms with Gasteiger partial charge < -0.3 is 0 Å². The van der Waals surface area contributed by atoms with Crippen LogP contribution in [0.5, 0.6) is 0 Å². The molecule has 1 aliphatic heterocycles. The second-order valence-corrected chi connectivity index (χ2v) is 4.29. The van der Waals surface area contributed by atoms with Crippen LogP contribution in [0.3, 0.4) is 0 Å². The minimum Gasteiger partial charge on any atom is -0.299 e. The Morgan fingerprint density at radius 3 is 3.13 bits per heavy atom. The Morgan fingerprint density at radius 2 is 2.40 bits per heavy atom. The van der Waals surface area contributed by atoms with E-state index in [0.717, 1.165) is 21.1 Å². The van der Waals surface area contributed by atoms with E-state index in [2.05, 4.69) is 38.5 Å². The van der Waals surface area contributed by atoms with Crippen LogP contribution in [0.25, 0.3) is 0 Å². The van der Waals surface area contributed by atoms with Gasteiger partial charge in [-0.1, -0.05) is 11.3 Å². The van der Waals surface area contributed by atoms with Gasteiger partial charge in [0.1, 0.15) is 0 Å². The lowest BCUT2D eigenvalue weighted by Crippen LogP contribution is -2.36. The van der Waals surface area contributed by atoms with Crippen molar-refractivity contribution < 1.29 is 4.79 Å². The van der Waals surface area contributed by atoms with E-state index in [1.165, 1.54) is 0 Å². The van der Waals surface area contributed by atoms with E-state index in [4.69, 9.17) is 0 Å². The smallest absolute Gasteiger partial charge is 0.195 e. The Kier molecular flexibility index (Phi) is 2.85. The number of aldehydes is 1. The zero-order chi connectivity index (χ0) is 10.8. The van der Waals surface area contributed by atoms with Gasteiger partial charge in [0, 0.05) is 3.57 Å². The fraction of sp³-hybridized carbons (Fsp3) is 0.222. The van der Waals surface area contributed by atoms with E-state index in [1.807, 2.05) is 25.1 Å². The molecule has 1 N–H and O–H groups in total. The molecule has 0 amide bonds. The maximum Gasteiger partial charge on any atom is 0.195 e. The van der Waals surface area contributed by atoms with Crippen LogP contribution in [0.4, 0.5) is 5.69 Å². The highest BCUT2D eigenvalue weighted by Crippen LogP contribution is 2.26. The molecule has 0 radical (unpaired) electrons. The van der Waals surface area contributed by atoms with Crippen LogP contribution < -0.4 is 10.4 Å². The number of hydrogen-bond acceptors (Lipinski definition) is 5. The Morgan fingerprint density at radius 1 is 1.60 bits per heavy atom. The van der Waals surface area contributed by atoms with Crippen LogP contribution in [-0.4, -0.2) is 12.5 Å². The Balaban J connectivity index is 2.41. The normalized spacial score (nSPS) is 19.1. The van der Waals surface area contributed by atoms with Crippen molar-refractivity contribution in [3.8, 4) is 0 Å². The fourth-order valence-corrected chi connectivity index (χ4v) is 1.86. The summed E-state index contributed by atoms with van der Waals surface area (Å²) >= 11 is 2.25. The predicted octanol–water partition coefficient (Wildman–Crippen LogP) is 1.82. The standard InChI is InChI=1S/C9H9IN4O/c1-6-7(10)3-2-4-8(6)14-9(5-15)11-12-13-14/h2-5,9H,1H3,(H,11,13). The number of anilines is 1. The van der Waals surface area contributed by atoms with Gasteiger partial charge >= 0.3 is 0 Å². The number of nitrogens with one attached hydrogen (secondary N) is 1. The van der Waals surface area contributed by atoms with Gasteiger partial charge in [0.25, 0.3) is 0 Å². The molecular formula is C9H9IN4O. The highest BCUT2D eigenvalue weighted by molar-refractivity contribution is 14.1. The molecular weight excluding hydrogens is 307 g/mol. The molecule has 1 unspecified atom stereocenters. The maximum absolute atomic E-state index is 10.8. The molecule has 2 rings (SSSR count). The van der Waals surface area contributed by atoms with Gasteiger partial charge in [-0.3, -0.25) is 10.2 Å². The first kappa shape index (κ1) is 10.3. The summed E-state index contributed by atoms with van der Waals surface area (Å²) in [5, 5.41) is 9.08. The van der Waals surface area contributed by atoms with Gasteiger partial charge in [0.2, 0.25) is 0 Å². The quantitative estimate of drug-likeness (QED) is 0.669. The summed E-state index contributed by atoms with van der Waals surface area (Å²) in [6, 6.07) is 5.86. The molecule has 0 saturated heterocycles. The lowest BCUT2D eigenvalue weighted by atomic mass is 10.2. The lowest BCUT2D eigenvalue weighted by Gasteiger charge is -2.19. The third-order valence-corrected chi connectivity index (χ3v) is 3.38. The number of carbonyl (C=O) groups excluding carboxylic acids is 1. The molecule has 1 aromatic carbocycles. The zero-order valence-electron chi connectivity index (χ0n) is 8.01. The molecule has 5 nitrogen and oxygen atoms in total. The van der Waals surface area contributed by atoms with Crippen LogP contribution in [0, 0.1) is 10.5 Å². The van der Waals surface area contributed by atoms with Crippen molar-refractivity contribution in [1.82, 2.24) is 5.43 Å². The molecule has 0 bridgehead atoms. The second-order valence-electron chi connectivity index (χ2n) is 3.13. The first-order chi connectivity index (χ1) is 7.24. The Labute approximate surface area is 101 Å². The lowest BCUT2D eigenvalue weighted by molar-refractivity contribution is -0.109. The molecule has 78 valence electrons. The molecule has 0 aliphatic carbocycles. The number of carbonyl (C=O) groups is 1. The van der Waals surface area contributed by atoms with Crippen LogP contribution >= 0.6 is 22.6 Å². The average Bonchev–Trinajstić information content (AvgIpc) is 2.70. The average molecular weight is 316 g/mol. The topological polar surface area (TPSA) is 57.1 Å². The third-order valence-electron chi connectivity index (χ3n) is 2.21. The molecule has 1 aromatic rings. The summed E-state index contributed by atoms with van der Waals surface area (Å²) in [7, 11) is 0. The molecule has 1 atom stereocenters. The van der Waals surface area contributed by atoms with Crippen molar-refractivity contribution in [3.05, 3.63) is 27.3 Å². The number of benzene rings is 1. The van der Waals surface area contributed by atoms with E-state index < -0.39 is 6.17 Å². The van der Waals surface area contributed by atoms with E-state index in [0.29, 0.717) is 0 Å². The molecule has 0 spiro atoms. The Bertz CT molecular complexity index is 421. The molecule has 0 saturated carbocycles. The number of rotatable bonds is 2. The van der Waals surface area contributed by atoms with Gasteiger partial charge in [-0.2, -0.15) is 0 Å². The van der Waals surface area contributed by atoms with Gasteiger partial charge in [0.15, 0.2) is 12.5 Å². The van der Waals surface area contributed by atoms with Crippen molar-refractivity contribution in [2.45, 2.75) is 13.1 Å². The highest BCUT2D eigenvalue weighted by Gasteiger charge is 2.24. The number of nitrogens with zero attached hydrogens (tertiary/aromatic N) is 3. The summed E-state index contributed by atoms with van der Waals surface area (Å²) in [6.45, 7) is 1.99. The fourth-order valence-electron chi connectivity index (χ4n) is 1.37. The Hall–Kier alpha value is -1.18. The number of halogens is 1. The van der Waals surface area contributed by atoms with Crippen LogP contribution in [-0.2, 0) is 4.79 Å². The van der Waals surface area contributed by atoms with Gasteiger partial charge in [-0.15, -0.1) is 0 Å². The van der Waals surface area contributed by atoms with Crippen molar-refractivity contribution in [2.24, 2.45) is 10.4 Å². The van der Waals surface area contributed by atoms with Crippen LogP contribution in [0.2, 0.25) is 0 Å². The molecule has 1 aliphatic rings. The summed E-state index contributed by atoms with van der Waals surface area (Å²) in [5.41, 5.74) is 4.60. The number of hydrogen-bond donors (Lipinski definition) is 1. The van der Waals surface area contributed by atoms with Gasteiger partial charge in [0.05, 0.1) is 5.69 Å². The molecule has 1 heterocycles. The summed E-state index contributed by atoms with van der Waals surface area (Å²) < 4.78 is 1.14.